The van der Waals surface area contributed by atoms with Crippen LogP contribution in [0.5, 0.6) is 0 Å². The lowest BCUT2D eigenvalue weighted by atomic mass is 10.1. The number of anilines is 2. The van der Waals surface area contributed by atoms with Crippen LogP contribution in [0, 0.1) is 6.92 Å². The predicted octanol–water partition coefficient (Wildman–Crippen LogP) is 2.78. The second-order valence-corrected chi connectivity index (χ2v) is 4.99. The summed E-state index contributed by atoms with van der Waals surface area (Å²) in [5, 5.41) is 6.69. The summed E-state index contributed by atoms with van der Waals surface area (Å²) in [5.41, 5.74) is 2.53. The highest BCUT2D eigenvalue weighted by molar-refractivity contribution is 6.05. The van der Waals surface area contributed by atoms with Gasteiger partial charge in [-0.15, -0.1) is 0 Å². The highest BCUT2D eigenvalue weighted by atomic mass is 16.5. The van der Waals surface area contributed by atoms with Crippen molar-refractivity contribution in [2.75, 3.05) is 17.3 Å². The number of hydrogen-bond acceptors (Lipinski definition) is 4. The summed E-state index contributed by atoms with van der Waals surface area (Å²) in [5.74, 6) is 0.204. The molecule has 1 aromatic carbocycles. The van der Waals surface area contributed by atoms with Crippen LogP contribution in [0.15, 0.2) is 28.8 Å². The average Bonchev–Trinajstić information content (AvgIpc) is 2.88. The molecule has 0 saturated heterocycles. The Morgan fingerprint density at radius 3 is 2.45 bits per heavy atom. The zero-order valence-electron chi connectivity index (χ0n) is 13.1. The van der Waals surface area contributed by atoms with Gasteiger partial charge in [-0.05, 0) is 37.6 Å². The molecular formula is C16H19N3O3. The van der Waals surface area contributed by atoms with Crippen molar-refractivity contribution < 1.29 is 14.1 Å². The zero-order chi connectivity index (χ0) is 16.3. The van der Waals surface area contributed by atoms with Crippen molar-refractivity contribution in [2.24, 2.45) is 0 Å². The van der Waals surface area contributed by atoms with Gasteiger partial charge in [0.1, 0.15) is 11.3 Å². The lowest BCUT2D eigenvalue weighted by molar-refractivity contribution is -0.116. The third-order valence-corrected chi connectivity index (χ3v) is 3.48. The minimum absolute atomic E-state index is 0.0514. The van der Waals surface area contributed by atoms with Crippen molar-refractivity contribution in [1.29, 1.82) is 0 Å². The molecule has 0 aliphatic heterocycles. The highest BCUT2D eigenvalue weighted by Gasteiger charge is 2.19. The van der Waals surface area contributed by atoms with Gasteiger partial charge in [0.15, 0.2) is 0 Å². The molecule has 1 N–H and O–H groups in total. The second-order valence-electron chi connectivity index (χ2n) is 4.99. The quantitative estimate of drug-likeness (QED) is 0.942. The molecule has 2 rings (SSSR count). The summed E-state index contributed by atoms with van der Waals surface area (Å²) in [7, 11) is 1.70. The molecular weight excluding hydrogens is 282 g/mol. The van der Waals surface area contributed by atoms with Gasteiger partial charge >= 0.3 is 0 Å². The molecule has 0 fully saturated rings. The van der Waals surface area contributed by atoms with E-state index < -0.39 is 0 Å². The van der Waals surface area contributed by atoms with E-state index >= 15 is 0 Å². The Balaban J connectivity index is 2.15. The molecule has 6 heteroatoms. The van der Waals surface area contributed by atoms with E-state index in [0.717, 1.165) is 5.69 Å². The third-order valence-electron chi connectivity index (χ3n) is 3.48. The Labute approximate surface area is 129 Å². The van der Waals surface area contributed by atoms with Gasteiger partial charge in [-0.2, -0.15) is 0 Å². The minimum atomic E-state index is -0.247. The molecule has 0 aliphatic carbocycles. The molecule has 0 aliphatic rings. The summed E-state index contributed by atoms with van der Waals surface area (Å²) in [6.07, 6.45) is 0.627. The molecule has 0 atom stereocenters. The number of amides is 2. The third kappa shape index (κ3) is 3.16. The van der Waals surface area contributed by atoms with Crippen LogP contribution < -0.4 is 10.2 Å². The Morgan fingerprint density at radius 1 is 1.27 bits per heavy atom. The number of aromatic nitrogens is 1. The maximum Gasteiger partial charge on any atom is 0.261 e. The number of rotatable bonds is 4. The minimum Gasteiger partial charge on any atom is -0.361 e. The van der Waals surface area contributed by atoms with E-state index in [4.69, 9.17) is 4.52 Å². The van der Waals surface area contributed by atoms with Gasteiger partial charge in [-0.1, -0.05) is 12.1 Å². The SMILES string of the molecule is CCc1noc(C)c1C(=O)Nc1ccc(N(C)C(C)=O)cc1. The van der Waals surface area contributed by atoms with Crippen LogP contribution in [-0.4, -0.2) is 24.0 Å². The Bertz CT molecular complexity index is 689. The van der Waals surface area contributed by atoms with Crippen molar-refractivity contribution in [3.05, 3.63) is 41.3 Å². The summed E-state index contributed by atoms with van der Waals surface area (Å²) in [6, 6.07) is 7.05. The molecule has 2 amide bonds. The number of benzene rings is 1. The summed E-state index contributed by atoms with van der Waals surface area (Å²) in [6.45, 7) is 5.13. The van der Waals surface area contributed by atoms with Crippen molar-refractivity contribution in [3.8, 4) is 0 Å². The zero-order valence-corrected chi connectivity index (χ0v) is 13.1. The first-order valence-electron chi connectivity index (χ1n) is 7.05. The number of nitrogens with zero attached hydrogens (tertiary/aromatic N) is 2. The summed E-state index contributed by atoms with van der Waals surface area (Å²) in [4.78, 5) is 25.2. The fraction of sp³-hybridized carbons (Fsp3) is 0.312. The van der Waals surface area contributed by atoms with Crippen LogP contribution in [0.3, 0.4) is 0 Å². The van der Waals surface area contributed by atoms with Gasteiger partial charge in [0.05, 0.1) is 5.69 Å². The first-order valence-corrected chi connectivity index (χ1v) is 7.05. The van der Waals surface area contributed by atoms with Gasteiger partial charge in [0.25, 0.3) is 5.91 Å². The molecule has 0 saturated carbocycles. The second kappa shape index (κ2) is 6.43. The topological polar surface area (TPSA) is 75.4 Å². The van der Waals surface area contributed by atoms with Crippen LogP contribution in [-0.2, 0) is 11.2 Å². The molecule has 0 bridgehead atoms. The number of hydrogen-bond donors (Lipinski definition) is 1. The fourth-order valence-electron chi connectivity index (χ4n) is 2.09. The molecule has 2 aromatic rings. The number of carbonyl (C=O) groups is 2. The molecule has 22 heavy (non-hydrogen) atoms. The Kier molecular flexibility index (Phi) is 4.60. The van der Waals surface area contributed by atoms with Crippen LogP contribution in [0.2, 0.25) is 0 Å². The number of nitrogens with one attached hydrogen (secondary N) is 1. The number of aryl methyl sites for hydroxylation is 2. The lowest BCUT2D eigenvalue weighted by Gasteiger charge is -2.15. The Hall–Kier alpha value is -2.63. The molecule has 116 valence electrons. The van der Waals surface area contributed by atoms with E-state index in [0.29, 0.717) is 29.1 Å². The van der Waals surface area contributed by atoms with E-state index in [9.17, 15) is 9.59 Å². The first kappa shape index (κ1) is 15.8. The van der Waals surface area contributed by atoms with E-state index in [1.807, 2.05) is 6.92 Å². The van der Waals surface area contributed by atoms with Gasteiger partial charge in [0.2, 0.25) is 5.91 Å². The number of carbonyl (C=O) groups excluding carboxylic acids is 2. The van der Waals surface area contributed by atoms with Crippen LogP contribution in [0.1, 0.15) is 35.7 Å². The molecule has 0 unspecified atom stereocenters. The summed E-state index contributed by atoms with van der Waals surface area (Å²) >= 11 is 0. The van der Waals surface area contributed by atoms with Gasteiger partial charge in [-0.25, -0.2) is 0 Å². The largest absolute Gasteiger partial charge is 0.361 e. The average molecular weight is 301 g/mol. The van der Waals surface area contributed by atoms with E-state index in [2.05, 4.69) is 10.5 Å². The molecule has 0 spiro atoms. The maximum absolute atomic E-state index is 12.3. The van der Waals surface area contributed by atoms with Gasteiger partial charge in [-0.3, -0.25) is 9.59 Å². The van der Waals surface area contributed by atoms with E-state index in [1.54, 1.807) is 38.2 Å². The van der Waals surface area contributed by atoms with Gasteiger partial charge < -0.3 is 14.7 Å². The van der Waals surface area contributed by atoms with Crippen molar-refractivity contribution >= 4 is 23.2 Å². The standard InChI is InChI=1S/C16H19N3O3/c1-5-14-15(10(2)22-18-14)16(21)17-12-6-8-13(9-7-12)19(4)11(3)20/h6-9H,5H2,1-4H3,(H,17,21). The molecule has 1 heterocycles. The van der Waals surface area contributed by atoms with Crippen molar-refractivity contribution in [1.82, 2.24) is 5.16 Å². The molecule has 0 radical (unpaired) electrons. The maximum atomic E-state index is 12.3. The normalized spacial score (nSPS) is 10.4. The first-order chi connectivity index (χ1) is 10.4. The summed E-state index contributed by atoms with van der Waals surface area (Å²) < 4.78 is 5.07. The van der Waals surface area contributed by atoms with E-state index in [1.165, 1.54) is 11.8 Å². The van der Waals surface area contributed by atoms with Crippen LogP contribution in [0.4, 0.5) is 11.4 Å². The van der Waals surface area contributed by atoms with Crippen molar-refractivity contribution in [3.63, 3.8) is 0 Å². The van der Waals surface area contributed by atoms with Crippen LogP contribution >= 0.6 is 0 Å². The highest BCUT2D eigenvalue weighted by Crippen LogP contribution is 2.20. The lowest BCUT2D eigenvalue weighted by Crippen LogP contribution is -2.22. The van der Waals surface area contributed by atoms with Crippen molar-refractivity contribution in [2.45, 2.75) is 27.2 Å². The van der Waals surface area contributed by atoms with Gasteiger partial charge in [0, 0.05) is 25.3 Å². The van der Waals surface area contributed by atoms with Crippen LogP contribution in [0.25, 0.3) is 0 Å². The predicted molar refractivity (Wildman–Crippen MR) is 84.1 cm³/mol. The molecule has 1 aromatic heterocycles. The Morgan fingerprint density at radius 2 is 1.91 bits per heavy atom. The van der Waals surface area contributed by atoms with E-state index in [-0.39, 0.29) is 11.8 Å². The monoisotopic (exact) mass is 301 g/mol. The fourth-order valence-corrected chi connectivity index (χ4v) is 2.09. The molecule has 6 nitrogen and oxygen atoms in total. The smallest absolute Gasteiger partial charge is 0.261 e.